The van der Waals surface area contributed by atoms with Gasteiger partial charge in [-0.15, -0.1) is 0 Å². The van der Waals surface area contributed by atoms with E-state index in [9.17, 15) is 4.79 Å². The maximum absolute atomic E-state index is 11.8. The molecule has 1 aromatic carbocycles. The molecule has 4 nitrogen and oxygen atoms in total. The molecule has 0 heterocycles. The van der Waals surface area contributed by atoms with E-state index in [1.165, 1.54) is 11.1 Å². The van der Waals surface area contributed by atoms with Crippen molar-refractivity contribution in [3.63, 3.8) is 0 Å². The lowest BCUT2D eigenvalue weighted by Gasteiger charge is -2.25. The Hall–Kier alpha value is -1.55. The van der Waals surface area contributed by atoms with Gasteiger partial charge in [-0.2, -0.15) is 0 Å². The molecule has 0 aliphatic carbocycles. The minimum absolute atomic E-state index is 0.0959. The summed E-state index contributed by atoms with van der Waals surface area (Å²) < 4.78 is 0. The molecule has 1 aromatic rings. The molecule has 2 amide bonds. The molecule has 0 radical (unpaired) electrons. The molecule has 2 unspecified atom stereocenters. The van der Waals surface area contributed by atoms with Crippen molar-refractivity contribution in [3.05, 3.63) is 35.4 Å². The number of hydrogen-bond acceptors (Lipinski definition) is 2. The van der Waals surface area contributed by atoms with Gasteiger partial charge in [0.1, 0.15) is 0 Å². The zero-order chi connectivity index (χ0) is 15.8. The van der Waals surface area contributed by atoms with Crippen molar-refractivity contribution in [3.8, 4) is 0 Å². The molecular weight excluding hydrogens is 262 g/mol. The Morgan fingerprint density at radius 1 is 1.19 bits per heavy atom. The summed E-state index contributed by atoms with van der Waals surface area (Å²) >= 11 is 0. The van der Waals surface area contributed by atoms with Crippen LogP contribution >= 0.6 is 0 Å². The fourth-order valence-electron chi connectivity index (χ4n) is 2.14. The van der Waals surface area contributed by atoms with Crippen molar-refractivity contribution in [1.29, 1.82) is 0 Å². The first-order chi connectivity index (χ1) is 9.97. The highest BCUT2D eigenvalue weighted by Gasteiger charge is 2.15. The van der Waals surface area contributed by atoms with Crippen LogP contribution in [0.2, 0.25) is 0 Å². The van der Waals surface area contributed by atoms with Crippen molar-refractivity contribution >= 4 is 6.03 Å². The number of carbonyl (C=O) groups is 1. The molecule has 0 spiro atoms. The predicted octanol–water partition coefficient (Wildman–Crippen LogP) is 2.95. The van der Waals surface area contributed by atoms with Crippen LogP contribution < -0.4 is 10.6 Å². The maximum atomic E-state index is 11.8. The first-order valence-electron chi connectivity index (χ1n) is 7.77. The van der Waals surface area contributed by atoms with Crippen LogP contribution in [0, 0.1) is 0 Å². The van der Waals surface area contributed by atoms with E-state index in [1.54, 1.807) is 0 Å². The number of benzene rings is 1. The van der Waals surface area contributed by atoms with E-state index in [0.717, 1.165) is 12.8 Å². The Balaban J connectivity index is 2.63. The lowest BCUT2D eigenvalue weighted by atomic mass is 10.0. The van der Waals surface area contributed by atoms with Gasteiger partial charge in [0.2, 0.25) is 0 Å². The van der Waals surface area contributed by atoms with E-state index in [4.69, 9.17) is 0 Å². The number of urea groups is 1. The lowest BCUT2D eigenvalue weighted by Crippen LogP contribution is -2.43. The van der Waals surface area contributed by atoms with Crippen LogP contribution in [-0.4, -0.2) is 37.6 Å². The highest BCUT2D eigenvalue weighted by Crippen LogP contribution is 2.18. The summed E-state index contributed by atoms with van der Waals surface area (Å²) in [6.07, 6.45) is 1.98. The molecule has 0 aromatic heterocycles. The zero-order valence-corrected chi connectivity index (χ0v) is 13.9. The van der Waals surface area contributed by atoms with Gasteiger partial charge >= 0.3 is 6.03 Å². The number of amides is 2. The van der Waals surface area contributed by atoms with Gasteiger partial charge in [-0.1, -0.05) is 38.1 Å². The Morgan fingerprint density at radius 3 is 2.29 bits per heavy atom. The third-order valence-corrected chi connectivity index (χ3v) is 3.84. The molecule has 0 aliphatic rings. The number of aryl methyl sites for hydroxylation is 1. The van der Waals surface area contributed by atoms with E-state index in [2.05, 4.69) is 53.6 Å². The van der Waals surface area contributed by atoms with Crippen LogP contribution in [0.25, 0.3) is 0 Å². The Bertz CT molecular complexity index is 428. The average molecular weight is 291 g/mol. The second-order valence-corrected chi connectivity index (χ2v) is 5.74. The van der Waals surface area contributed by atoms with Crippen molar-refractivity contribution in [2.45, 2.75) is 45.7 Å². The standard InChI is InChI=1S/C17H29N3O/c1-6-13(3)19-17(21)18-12-16(20(4)5)15-10-8-14(7-2)9-11-15/h8-11,13,16H,6-7,12H2,1-5H3,(H2,18,19,21). The van der Waals surface area contributed by atoms with E-state index in [0.29, 0.717) is 6.54 Å². The number of carbonyl (C=O) groups excluding carboxylic acids is 1. The van der Waals surface area contributed by atoms with Gasteiger partial charge in [0.05, 0.1) is 6.04 Å². The van der Waals surface area contributed by atoms with E-state index >= 15 is 0 Å². The molecule has 0 saturated carbocycles. The van der Waals surface area contributed by atoms with Crippen LogP contribution in [0.15, 0.2) is 24.3 Å². The molecule has 0 fully saturated rings. The quantitative estimate of drug-likeness (QED) is 0.811. The number of nitrogens with zero attached hydrogens (tertiary/aromatic N) is 1. The minimum Gasteiger partial charge on any atom is -0.336 e. The predicted molar refractivity (Wildman–Crippen MR) is 88.5 cm³/mol. The molecule has 0 bridgehead atoms. The van der Waals surface area contributed by atoms with Gasteiger partial charge in [0.15, 0.2) is 0 Å². The second-order valence-electron chi connectivity index (χ2n) is 5.74. The summed E-state index contributed by atoms with van der Waals surface area (Å²) in [5, 5.41) is 5.89. The molecule has 118 valence electrons. The largest absolute Gasteiger partial charge is 0.336 e. The Kier molecular flexibility index (Phi) is 7.23. The first-order valence-corrected chi connectivity index (χ1v) is 7.77. The zero-order valence-electron chi connectivity index (χ0n) is 13.9. The van der Waals surface area contributed by atoms with Crippen LogP contribution in [0.5, 0.6) is 0 Å². The highest BCUT2D eigenvalue weighted by molar-refractivity contribution is 5.74. The highest BCUT2D eigenvalue weighted by atomic mass is 16.2. The van der Waals surface area contributed by atoms with Gasteiger partial charge in [0.25, 0.3) is 0 Å². The molecule has 2 atom stereocenters. The second kappa shape index (κ2) is 8.67. The topological polar surface area (TPSA) is 44.4 Å². The van der Waals surface area contributed by atoms with Gasteiger partial charge in [-0.3, -0.25) is 0 Å². The summed E-state index contributed by atoms with van der Waals surface area (Å²) in [4.78, 5) is 14.0. The van der Waals surface area contributed by atoms with Crippen molar-refractivity contribution < 1.29 is 4.79 Å². The molecule has 2 N–H and O–H groups in total. The summed E-state index contributed by atoms with van der Waals surface area (Å²) in [7, 11) is 4.07. The van der Waals surface area contributed by atoms with Gasteiger partial charge < -0.3 is 15.5 Å². The summed E-state index contributed by atoms with van der Waals surface area (Å²) in [6.45, 7) is 6.81. The summed E-state index contributed by atoms with van der Waals surface area (Å²) in [6, 6.07) is 8.90. The molecule has 4 heteroatoms. The number of nitrogens with one attached hydrogen (secondary N) is 2. The monoisotopic (exact) mass is 291 g/mol. The van der Waals surface area contributed by atoms with Gasteiger partial charge in [-0.25, -0.2) is 4.79 Å². The molecule has 1 rings (SSSR count). The van der Waals surface area contributed by atoms with Gasteiger partial charge in [0, 0.05) is 12.6 Å². The minimum atomic E-state index is -0.0959. The Labute approximate surface area is 128 Å². The van der Waals surface area contributed by atoms with Crippen LogP contribution in [-0.2, 0) is 6.42 Å². The number of rotatable bonds is 7. The van der Waals surface area contributed by atoms with Crippen molar-refractivity contribution in [1.82, 2.24) is 15.5 Å². The number of likely N-dealkylation sites (N-methyl/N-ethyl adjacent to an activating group) is 1. The first kappa shape index (κ1) is 17.5. The third-order valence-electron chi connectivity index (χ3n) is 3.84. The average Bonchev–Trinajstić information content (AvgIpc) is 2.47. The van der Waals surface area contributed by atoms with Crippen molar-refractivity contribution in [2.75, 3.05) is 20.6 Å². The lowest BCUT2D eigenvalue weighted by molar-refractivity contribution is 0.229. The van der Waals surface area contributed by atoms with Gasteiger partial charge in [-0.05, 0) is 45.0 Å². The third kappa shape index (κ3) is 5.76. The normalized spacial score (nSPS) is 13.8. The summed E-state index contributed by atoms with van der Waals surface area (Å²) in [5.41, 5.74) is 2.56. The van der Waals surface area contributed by atoms with E-state index < -0.39 is 0 Å². The van der Waals surface area contributed by atoms with Crippen LogP contribution in [0.3, 0.4) is 0 Å². The van der Waals surface area contributed by atoms with E-state index in [1.807, 2.05) is 21.0 Å². The molecule has 0 aliphatic heterocycles. The molecule has 21 heavy (non-hydrogen) atoms. The van der Waals surface area contributed by atoms with E-state index in [-0.39, 0.29) is 18.1 Å². The Morgan fingerprint density at radius 2 is 1.81 bits per heavy atom. The SMILES string of the molecule is CCc1ccc(C(CNC(=O)NC(C)CC)N(C)C)cc1. The van der Waals surface area contributed by atoms with Crippen LogP contribution in [0.4, 0.5) is 4.79 Å². The maximum Gasteiger partial charge on any atom is 0.315 e. The fourth-order valence-corrected chi connectivity index (χ4v) is 2.14. The van der Waals surface area contributed by atoms with Crippen LogP contribution in [0.1, 0.15) is 44.4 Å². The number of hydrogen-bond donors (Lipinski definition) is 2. The smallest absolute Gasteiger partial charge is 0.315 e. The van der Waals surface area contributed by atoms with Crippen molar-refractivity contribution in [2.24, 2.45) is 0 Å². The summed E-state index contributed by atoms with van der Waals surface area (Å²) in [5.74, 6) is 0. The molecular formula is C17H29N3O. The fraction of sp³-hybridized carbons (Fsp3) is 0.588. The molecule has 0 saturated heterocycles.